The fraction of sp³-hybridized carbons (Fsp3) is 0.867. The van der Waals surface area contributed by atoms with Gasteiger partial charge in [-0.3, -0.25) is 0 Å². The summed E-state index contributed by atoms with van der Waals surface area (Å²) in [6.07, 6.45) is 3.03. The maximum Gasteiger partial charge on any atom is 0.205 e. The Bertz CT molecular complexity index is 347. The zero-order chi connectivity index (χ0) is 13.7. The van der Waals surface area contributed by atoms with Crippen LogP contribution in [0.25, 0.3) is 0 Å². The van der Waals surface area contributed by atoms with Gasteiger partial charge >= 0.3 is 0 Å². The van der Waals surface area contributed by atoms with Gasteiger partial charge in [-0.25, -0.2) is 0 Å². The molecule has 3 aliphatic heterocycles. The van der Waals surface area contributed by atoms with E-state index >= 15 is 0 Å². The molecular weight excluding hydrogens is 244 g/mol. The normalized spacial score (nSPS) is 50.2. The lowest BCUT2D eigenvalue weighted by Gasteiger charge is -2.67. The van der Waals surface area contributed by atoms with Gasteiger partial charge in [-0.2, -0.15) is 0 Å². The van der Waals surface area contributed by atoms with E-state index in [9.17, 15) is 0 Å². The summed E-state index contributed by atoms with van der Waals surface area (Å²) in [5, 5.41) is 0. The molecule has 0 aliphatic carbocycles. The van der Waals surface area contributed by atoms with Gasteiger partial charge in [0.25, 0.3) is 0 Å². The van der Waals surface area contributed by atoms with E-state index < -0.39 is 11.4 Å². The summed E-state index contributed by atoms with van der Waals surface area (Å²) in [5.74, 6) is 0.440. The Labute approximate surface area is 115 Å². The molecule has 0 aromatic rings. The molecule has 3 fully saturated rings. The molecule has 0 spiro atoms. The van der Waals surface area contributed by atoms with Gasteiger partial charge in [-0.1, -0.05) is 27.7 Å². The van der Waals surface area contributed by atoms with Gasteiger partial charge in [0.2, 0.25) is 5.79 Å². The largest absolute Gasteiger partial charge is 0.368 e. The van der Waals surface area contributed by atoms with E-state index in [1.165, 1.54) is 0 Å². The molecule has 0 amide bonds. The second kappa shape index (κ2) is 4.69. The molecule has 0 saturated carbocycles. The number of ether oxygens (including phenoxy) is 4. The molecule has 3 saturated heterocycles. The number of rotatable bonds is 5. The summed E-state index contributed by atoms with van der Waals surface area (Å²) < 4.78 is 23.9. The summed E-state index contributed by atoms with van der Waals surface area (Å²) in [6, 6.07) is 0. The third kappa shape index (κ3) is 1.60. The van der Waals surface area contributed by atoms with Crippen molar-refractivity contribution < 1.29 is 18.9 Å². The predicted octanol–water partition coefficient (Wildman–Crippen LogP) is 2.19. The molecule has 3 rings (SSSR count). The zero-order valence-electron chi connectivity index (χ0n) is 12.3. The van der Waals surface area contributed by atoms with Crippen molar-refractivity contribution in [1.29, 1.82) is 0 Å². The fourth-order valence-electron chi connectivity index (χ4n) is 3.53. The summed E-state index contributed by atoms with van der Waals surface area (Å²) >= 11 is 0. The van der Waals surface area contributed by atoms with Gasteiger partial charge in [-0.05, 0) is 6.42 Å². The van der Waals surface area contributed by atoms with Crippen LogP contribution in [0.1, 0.15) is 27.7 Å². The van der Waals surface area contributed by atoms with E-state index in [1.54, 1.807) is 0 Å². The van der Waals surface area contributed by atoms with Crippen molar-refractivity contribution in [1.82, 2.24) is 0 Å². The molecule has 5 atom stereocenters. The van der Waals surface area contributed by atoms with Crippen molar-refractivity contribution in [3.05, 3.63) is 12.5 Å². The van der Waals surface area contributed by atoms with Crippen LogP contribution in [0.3, 0.4) is 0 Å². The van der Waals surface area contributed by atoms with E-state index in [1.807, 2.05) is 13.3 Å². The molecule has 108 valence electrons. The monoisotopic (exact) mass is 268 g/mol. The Kier molecular flexibility index (Phi) is 3.41. The predicted molar refractivity (Wildman–Crippen MR) is 70.0 cm³/mol. The Morgan fingerprint density at radius 3 is 2.16 bits per heavy atom. The first kappa shape index (κ1) is 13.8. The minimum Gasteiger partial charge on any atom is -0.368 e. The van der Waals surface area contributed by atoms with Crippen molar-refractivity contribution in [3.8, 4) is 0 Å². The quantitative estimate of drug-likeness (QED) is 0.766. The molecule has 4 nitrogen and oxygen atoms in total. The van der Waals surface area contributed by atoms with Crippen LogP contribution in [0.4, 0.5) is 0 Å². The van der Waals surface area contributed by atoms with Crippen LogP contribution >= 0.6 is 0 Å². The average Bonchev–Trinajstić information content (AvgIpc) is 2.41. The summed E-state index contributed by atoms with van der Waals surface area (Å²) in [6.45, 7) is 11.3. The molecule has 0 N–H and O–H groups in total. The van der Waals surface area contributed by atoms with Crippen molar-refractivity contribution in [3.63, 3.8) is 0 Å². The molecule has 0 aromatic carbocycles. The SMILES string of the molecule is C[CH]COC1(C2([C]3OCC3C)OCC2C)OCC1C. The molecule has 19 heavy (non-hydrogen) atoms. The lowest BCUT2D eigenvalue weighted by atomic mass is 9.63. The number of hydrogen-bond acceptors (Lipinski definition) is 4. The lowest BCUT2D eigenvalue weighted by molar-refractivity contribution is -0.461. The van der Waals surface area contributed by atoms with Crippen molar-refractivity contribution in [2.24, 2.45) is 17.8 Å². The van der Waals surface area contributed by atoms with Gasteiger partial charge in [0.15, 0.2) is 5.60 Å². The van der Waals surface area contributed by atoms with E-state index in [0.29, 0.717) is 24.4 Å². The minimum atomic E-state index is -0.665. The number of hydrogen-bond donors (Lipinski definition) is 0. The van der Waals surface area contributed by atoms with Crippen LogP contribution in [0.5, 0.6) is 0 Å². The molecule has 3 aliphatic rings. The first-order chi connectivity index (χ1) is 9.08. The van der Waals surface area contributed by atoms with E-state index in [0.717, 1.165) is 25.9 Å². The molecule has 5 unspecified atom stereocenters. The maximum atomic E-state index is 6.11. The summed E-state index contributed by atoms with van der Waals surface area (Å²) in [4.78, 5) is 0. The van der Waals surface area contributed by atoms with Crippen LogP contribution in [-0.2, 0) is 18.9 Å². The molecule has 0 bridgehead atoms. The van der Waals surface area contributed by atoms with Gasteiger partial charge in [0, 0.05) is 17.8 Å². The highest BCUT2D eigenvalue weighted by Crippen LogP contribution is 2.60. The highest BCUT2D eigenvalue weighted by molar-refractivity contribution is 5.25. The van der Waals surface area contributed by atoms with Gasteiger partial charge in [-0.15, -0.1) is 0 Å². The first-order valence-electron chi connectivity index (χ1n) is 7.28. The van der Waals surface area contributed by atoms with Crippen molar-refractivity contribution >= 4 is 0 Å². The lowest BCUT2D eigenvalue weighted by Crippen LogP contribution is -2.80. The van der Waals surface area contributed by atoms with E-state index in [-0.39, 0.29) is 0 Å². The Hall–Kier alpha value is -0.160. The van der Waals surface area contributed by atoms with Crippen LogP contribution in [0.2, 0.25) is 0 Å². The van der Waals surface area contributed by atoms with Crippen LogP contribution < -0.4 is 0 Å². The molecule has 0 aromatic heterocycles. The highest BCUT2D eigenvalue weighted by atomic mass is 16.8. The van der Waals surface area contributed by atoms with E-state index in [2.05, 4.69) is 20.8 Å². The van der Waals surface area contributed by atoms with Crippen molar-refractivity contribution in [2.45, 2.75) is 39.1 Å². The zero-order valence-corrected chi connectivity index (χ0v) is 12.3. The van der Waals surface area contributed by atoms with Crippen LogP contribution in [0, 0.1) is 30.3 Å². The topological polar surface area (TPSA) is 36.9 Å². The smallest absolute Gasteiger partial charge is 0.205 e. The van der Waals surface area contributed by atoms with Crippen molar-refractivity contribution in [2.75, 3.05) is 26.4 Å². The van der Waals surface area contributed by atoms with Crippen LogP contribution in [-0.4, -0.2) is 37.8 Å². The highest BCUT2D eigenvalue weighted by Gasteiger charge is 2.75. The molecule has 4 heteroatoms. The molecule has 2 radical (unpaired) electrons. The Morgan fingerprint density at radius 2 is 1.89 bits per heavy atom. The Balaban J connectivity index is 1.89. The second-order valence-corrected chi connectivity index (χ2v) is 6.12. The third-order valence-corrected chi connectivity index (χ3v) is 4.74. The van der Waals surface area contributed by atoms with E-state index in [4.69, 9.17) is 18.9 Å². The molecule has 3 heterocycles. The van der Waals surface area contributed by atoms with Gasteiger partial charge < -0.3 is 18.9 Å². The fourth-order valence-corrected chi connectivity index (χ4v) is 3.53. The summed E-state index contributed by atoms with van der Waals surface area (Å²) in [7, 11) is 0. The standard InChI is InChI=1S/C15H24O4/c1-5-6-17-15(12(4)9-19-15)14(11(3)8-18-14)13-10(2)7-16-13/h5,10-12H,6-9H2,1-4H3. The second-order valence-electron chi connectivity index (χ2n) is 6.12. The Morgan fingerprint density at radius 1 is 1.16 bits per heavy atom. The average molecular weight is 268 g/mol. The van der Waals surface area contributed by atoms with Gasteiger partial charge in [0.1, 0.15) is 6.10 Å². The minimum absolute atomic E-state index is 0.319. The molecular formula is C15H24O4. The third-order valence-electron chi connectivity index (χ3n) is 4.74. The summed E-state index contributed by atoms with van der Waals surface area (Å²) in [5.41, 5.74) is -0.509. The van der Waals surface area contributed by atoms with Gasteiger partial charge in [0.05, 0.1) is 26.4 Å². The maximum absolute atomic E-state index is 6.11. The van der Waals surface area contributed by atoms with Crippen LogP contribution in [0.15, 0.2) is 0 Å². The first-order valence-corrected chi connectivity index (χ1v) is 7.28.